The number of imide groups is 2. The van der Waals surface area contributed by atoms with Crippen molar-refractivity contribution in [1.29, 1.82) is 0 Å². The molecule has 0 aromatic heterocycles. The maximum absolute atomic E-state index is 14.6. The first-order chi connectivity index (χ1) is 12.5. The second-order valence-corrected chi connectivity index (χ2v) is 6.53. The van der Waals surface area contributed by atoms with Crippen LogP contribution in [0.2, 0.25) is 0 Å². The Morgan fingerprint density at radius 3 is 2.31 bits per heavy atom. The highest BCUT2D eigenvalue weighted by Crippen LogP contribution is 2.32. The highest BCUT2D eigenvalue weighted by molar-refractivity contribution is 6.23. The molecule has 1 unspecified atom stereocenters. The predicted octanol–water partition coefficient (Wildman–Crippen LogP) is -0.363. The highest BCUT2D eigenvalue weighted by atomic mass is 19.1. The molecule has 2 saturated heterocycles. The van der Waals surface area contributed by atoms with E-state index >= 15 is 0 Å². The summed E-state index contributed by atoms with van der Waals surface area (Å²) in [6, 6.07) is 1.41. The van der Waals surface area contributed by atoms with Crippen LogP contribution in [0.5, 0.6) is 0 Å². The van der Waals surface area contributed by atoms with Gasteiger partial charge in [-0.05, 0) is 18.6 Å². The number of amides is 4. The van der Waals surface area contributed by atoms with E-state index in [9.17, 15) is 23.6 Å². The maximum atomic E-state index is 14.6. The minimum absolute atomic E-state index is 0.0453. The lowest BCUT2D eigenvalue weighted by Gasteiger charge is -2.30. The molecule has 1 aromatic rings. The van der Waals surface area contributed by atoms with Gasteiger partial charge in [-0.15, -0.1) is 0 Å². The van der Waals surface area contributed by atoms with Gasteiger partial charge in [-0.2, -0.15) is 0 Å². The molecule has 0 aliphatic carbocycles. The molecule has 3 aliphatic rings. The number of hydrogen-bond acceptors (Lipinski definition) is 6. The molecule has 3 heterocycles. The van der Waals surface area contributed by atoms with Gasteiger partial charge in [0.05, 0.1) is 16.8 Å². The summed E-state index contributed by atoms with van der Waals surface area (Å²) in [6.45, 7) is 2.58. The number of fused-ring (bicyclic) bond motifs is 1. The number of hydrogen-bond donors (Lipinski definition) is 2. The fraction of sp³-hybridized carbons (Fsp3) is 0.412. The van der Waals surface area contributed by atoms with E-state index in [0.29, 0.717) is 26.2 Å². The summed E-state index contributed by atoms with van der Waals surface area (Å²) < 4.78 is 14.6. The van der Waals surface area contributed by atoms with E-state index in [1.54, 1.807) is 0 Å². The molecule has 8 nitrogen and oxygen atoms in total. The Labute approximate surface area is 148 Å². The Bertz CT molecular complexity index is 834. The average Bonchev–Trinajstić information content (AvgIpc) is 2.86. The quantitative estimate of drug-likeness (QED) is 0.699. The lowest BCUT2D eigenvalue weighted by molar-refractivity contribution is -0.136. The Hall–Kier alpha value is -2.81. The van der Waals surface area contributed by atoms with Crippen LogP contribution < -0.4 is 15.5 Å². The van der Waals surface area contributed by atoms with Gasteiger partial charge in [0.15, 0.2) is 0 Å². The standard InChI is InChI=1S/C17H17FN4O4/c18-11-7-9-10(8-13(11)21-5-3-19-4-6-21)17(26)22(16(9)25)12-1-2-14(23)20-15(12)24/h7-8,12,19H,1-6H2,(H,20,23,24). The number of carbonyl (C=O) groups excluding carboxylic acids is 4. The van der Waals surface area contributed by atoms with Crippen molar-refractivity contribution in [3.63, 3.8) is 0 Å². The Kier molecular flexibility index (Phi) is 3.95. The summed E-state index contributed by atoms with van der Waals surface area (Å²) in [5.41, 5.74) is 0.322. The Balaban J connectivity index is 1.68. The molecule has 4 rings (SSSR count). The van der Waals surface area contributed by atoms with Gasteiger partial charge in [-0.25, -0.2) is 4.39 Å². The second kappa shape index (κ2) is 6.17. The molecule has 0 spiro atoms. The smallest absolute Gasteiger partial charge is 0.262 e. The van der Waals surface area contributed by atoms with Crippen LogP contribution in [0.3, 0.4) is 0 Å². The summed E-state index contributed by atoms with van der Waals surface area (Å²) in [5, 5.41) is 5.30. The first-order valence-electron chi connectivity index (χ1n) is 8.48. The van der Waals surface area contributed by atoms with E-state index in [1.807, 2.05) is 4.90 Å². The van der Waals surface area contributed by atoms with Gasteiger partial charge < -0.3 is 10.2 Å². The van der Waals surface area contributed by atoms with E-state index in [-0.39, 0.29) is 29.7 Å². The molecular weight excluding hydrogens is 343 g/mol. The van der Waals surface area contributed by atoms with Gasteiger partial charge >= 0.3 is 0 Å². The minimum Gasteiger partial charge on any atom is -0.367 e. The van der Waals surface area contributed by atoms with Crippen LogP contribution in [0.15, 0.2) is 12.1 Å². The van der Waals surface area contributed by atoms with Crippen LogP contribution in [0, 0.1) is 5.82 Å². The zero-order chi connectivity index (χ0) is 18.4. The molecule has 3 aliphatic heterocycles. The van der Waals surface area contributed by atoms with Crippen molar-refractivity contribution in [2.24, 2.45) is 0 Å². The maximum Gasteiger partial charge on any atom is 0.262 e. The first-order valence-corrected chi connectivity index (χ1v) is 8.48. The lowest BCUT2D eigenvalue weighted by atomic mass is 10.0. The normalized spacial score (nSPS) is 23.3. The monoisotopic (exact) mass is 360 g/mol. The van der Waals surface area contributed by atoms with Crippen molar-refractivity contribution >= 4 is 29.3 Å². The molecule has 1 aromatic carbocycles. The van der Waals surface area contributed by atoms with E-state index in [1.165, 1.54) is 6.07 Å². The number of piperazine rings is 1. The van der Waals surface area contributed by atoms with Gasteiger partial charge in [0.25, 0.3) is 11.8 Å². The summed E-state index contributed by atoms with van der Waals surface area (Å²) in [6.07, 6.45) is 0.119. The molecular formula is C17H17FN4O4. The van der Waals surface area contributed by atoms with Gasteiger partial charge in [-0.1, -0.05) is 0 Å². The first kappa shape index (κ1) is 16.6. The fourth-order valence-electron chi connectivity index (χ4n) is 3.63. The number of nitrogens with zero attached hydrogens (tertiary/aromatic N) is 2. The van der Waals surface area contributed by atoms with Crippen molar-refractivity contribution in [3.8, 4) is 0 Å². The van der Waals surface area contributed by atoms with Gasteiger partial charge in [0, 0.05) is 32.6 Å². The second-order valence-electron chi connectivity index (χ2n) is 6.53. The van der Waals surface area contributed by atoms with E-state index < -0.39 is 35.5 Å². The van der Waals surface area contributed by atoms with Crippen molar-refractivity contribution in [2.75, 3.05) is 31.1 Å². The van der Waals surface area contributed by atoms with Crippen molar-refractivity contribution in [1.82, 2.24) is 15.5 Å². The lowest BCUT2D eigenvalue weighted by Crippen LogP contribution is -2.54. The number of halogens is 1. The molecule has 26 heavy (non-hydrogen) atoms. The highest BCUT2D eigenvalue weighted by Gasteiger charge is 2.45. The molecule has 2 N–H and O–H groups in total. The minimum atomic E-state index is -1.05. The van der Waals surface area contributed by atoms with Gasteiger partial charge in [0.2, 0.25) is 11.8 Å². The summed E-state index contributed by atoms with van der Waals surface area (Å²) in [5.74, 6) is -3.02. The van der Waals surface area contributed by atoms with E-state index in [4.69, 9.17) is 0 Å². The average molecular weight is 360 g/mol. The SMILES string of the molecule is O=C1CCC(N2C(=O)c3cc(F)c(N4CCNCC4)cc3C2=O)C(=O)N1. The number of carbonyl (C=O) groups is 4. The summed E-state index contributed by atoms with van der Waals surface area (Å²) in [7, 11) is 0. The molecule has 4 amide bonds. The predicted molar refractivity (Wildman–Crippen MR) is 88.2 cm³/mol. The third-order valence-electron chi connectivity index (χ3n) is 4.96. The number of anilines is 1. The van der Waals surface area contributed by atoms with Crippen LogP contribution in [-0.2, 0) is 9.59 Å². The molecule has 9 heteroatoms. The molecule has 0 saturated carbocycles. The van der Waals surface area contributed by atoms with Crippen molar-refractivity contribution in [2.45, 2.75) is 18.9 Å². The third-order valence-corrected chi connectivity index (χ3v) is 4.96. The van der Waals surface area contributed by atoms with Crippen LogP contribution in [0.1, 0.15) is 33.6 Å². The Morgan fingerprint density at radius 2 is 1.65 bits per heavy atom. The summed E-state index contributed by atoms with van der Waals surface area (Å²) in [4.78, 5) is 51.4. The van der Waals surface area contributed by atoms with Crippen LogP contribution in [0.4, 0.5) is 10.1 Å². The van der Waals surface area contributed by atoms with Gasteiger partial charge in [-0.3, -0.25) is 29.4 Å². The molecule has 1 atom stereocenters. The molecule has 0 radical (unpaired) electrons. The molecule has 0 bridgehead atoms. The number of rotatable bonds is 2. The van der Waals surface area contributed by atoms with Crippen LogP contribution >= 0.6 is 0 Å². The topological polar surface area (TPSA) is 98.8 Å². The van der Waals surface area contributed by atoms with E-state index in [2.05, 4.69) is 10.6 Å². The van der Waals surface area contributed by atoms with Gasteiger partial charge in [0.1, 0.15) is 11.9 Å². The summed E-state index contributed by atoms with van der Waals surface area (Å²) >= 11 is 0. The third kappa shape index (κ3) is 2.55. The van der Waals surface area contributed by atoms with Crippen molar-refractivity contribution in [3.05, 3.63) is 29.1 Å². The largest absolute Gasteiger partial charge is 0.367 e. The molecule has 2 fully saturated rings. The fourth-order valence-corrected chi connectivity index (χ4v) is 3.63. The van der Waals surface area contributed by atoms with Crippen LogP contribution in [-0.4, -0.2) is 60.7 Å². The molecule has 136 valence electrons. The number of piperidine rings is 1. The van der Waals surface area contributed by atoms with Crippen LogP contribution in [0.25, 0.3) is 0 Å². The zero-order valence-electron chi connectivity index (χ0n) is 13.9. The number of nitrogens with one attached hydrogen (secondary N) is 2. The number of benzene rings is 1. The Morgan fingerprint density at radius 1 is 1.00 bits per heavy atom. The zero-order valence-corrected chi connectivity index (χ0v) is 13.9. The van der Waals surface area contributed by atoms with E-state index in [0.717, 1.165) is 11.0 Å². The van der Waals surface area contributed by atoms with Crippen molar-refractivity contribution < 1.29 is 23.6 Å².